The molecule has 1 amide bonds. The van der Waals surface area contributed by atoms with Gasteiger partial charge in [0.25, 0.3) is 0 Å². The Morgan fingerprint density at radius 3 is 2.81 bits per heavy atom. The maximum atomic E-state index is 12.3. The van der Waals surface area contributed by atoms with Gasteiger partial charge in [-0.05, 0) is 30.5 Å². The Kier molecular flexibility index (Phi) is 5.49. The summed E-state index contributed by atoms with van der Waals surface area (Å²) in [5, 5.41) is 3.20. The van der Waals surface area contributed by atoms with Crippen LogP contribution in [0.15, 0.2) is 54.6 Å². The van der Waals surface area contributed by atoms with Gasteiger partial charge < -0.3 is 10.3 Å². The lowest BCUT2D eigenvalue weighted by Gasteiger charge is -2.16. The predicted octanol–water partition coefficient (Wildman–Crippen LogP) is 3.28. The number of carbonyl (C=O) groups is 1. The van der Waals surface area contributed by atoms with Crippen molar-refractivity contribution >= 4 is 16.9 Å². The van der Waals surface area contributed by atoms with Crippen LogP contribution in [0.25, 0.3) is 11.0 Å². The number of aromatic amines is 1. The fourth-order valence-electron chi connectivity index (χ4n) is 3.78. The van der Waals surface area contributed by atoms with Crippen LogP contribution in [0.4, 0.5) is 0 Å². The lowest BCUT2D eigenvalue weighted by Crippen LogP contribution is -2.36. The Morgan fingerprint density at radius 2 is 1.96 bits per heavy atom. The van der Waals surface area contributed by atoms with Gasteiger partial charge in [-0.1, -0.05) is 42.5 Å². The van der Waals surface area contributed by atoms with Crippen molar-refractivity contribution in [3.63, 3.8) is 0 Å². The normalized spacial score (nSPS) is 17.4. The number of benzene rings is 2. The zero-order valence-corrected chi connectivity index (χ0v) is 15.5. The van der Waals surface area contributed by atoms with Gasteiger partial charge in [0.15, 0.2) is 0 Å². The van der Waals surface area contributed by atoms with Gasteiger partial charge in [-0.3, -0.25) is 9.69 Å². The fraction of sp³-hybridized carbons (Fsp3) is 0.364. The van der Waals surface area contributed by atoms with Crippen molar-refractivity contribution in [2.24, 2.45) is 0 Å². The lowest BCUT2D eigenvalue weighted by atomic mass is 10.2. The Bertz CT molecular complexity index is 856. The Morgan fingerprint density at radius 1 is 1.15 bits per heavy atom. The summed E-state index contributed by atoms with van der Waals surface area (Å²) in [5.41, 5.74) is 3.37. The van der Waals surface area contributed by atoms with Crippen molar-refractivity contribution < 1.29 is 4.79 Å². The molecule has 1 saturated heterocycles. The van der Waals surface area contributed by atoms with Gasteiger partial charge in [-0.15, -0.1) is 0 Å². The van der Waals surface area contributed by atoms with Crippen molar-refractivity contribution in [3.05, 3.63) is 66.0 Å². The standard InChI is InChI=1S/C22H26N4O/c27-22(12-6-11-21-24-19-9-4-5-10-20(19)25-21)23-18-13-14-26(16-18)15-17-7-2-1-3-8-17/h1-5,7-10,18H,6,11-16H2,(H,23,27)(H,24,25). The number of aromatic nitrogens is 2. The van der Waals surface area contributed by atoms with Crippen LogP contribution < -0.4 is 5.32 Å². The van der Waals surface area contributed by atoms with Crippen molar-refractivity contribution in [2.45, 2.75) is 38.3 Å². The third-order valence-corrected chi connectivity index (χ3v) is 5.14. The molecule has 2 aromatic carbocycles. The number of amides is 1. The first-order valence-electron chi connectivity index (χ1n) is 9.75. The van der Waals surface area contributed by atoms with Crippen molar-refractivity contribution in [1.29, 1.82) is 0 Å². The summed E-state index contributed by atoms with van der Waals surface area (Å²) in [7, 11) is 0. The van der Waals surface area contributed by atoms with Gasteiger partial charge in [0, 0.05) is 38.5 Å². The number of likely N-dealkylation sites (tertiary alicyclic amines) is 1. The molecule has 27 heavy (non-hydrogen) atoms. The highest BCUT2D eigenvalue weighted by molar-refractivity contribution is 5.76. The van der Waals surface area contributed by atoms with Crippen LogP contribution in [0.1, 0.15) is 30.7 Å². The van der Waals surface area contributed by atoms with Crippen LogP contribution in [0.2, 0.25) is 0 Å². The summed E-state index contributed by atoms with van der Waals surface area (Å²) in [4.78, 5) is 22.6. The molecular formula is C22H26N4O. The van der Waals surface area contributed by atoms with E-state index < -0.39 is 0 Å². The van der Waals surface area contributed by atoms with Gasteiger partial charge in [0.05, 0.1) is 11.0 Å². The summed E-state index contributed by atoms with van der Waals surface area (Å²) in [6, 6.07) is 18.8. The second kappa shape index (κ2) is 8.35. The zero-order chi connectivity index (χ0) is 18.5. The fourth-order valence-corrected chi connectivity index (χ4v) is 3.78. The molecule has 3 aromatic rings. The molecule has 0 spiro atoms. The molecule has 1 fully saturated rings. The van der Waals surface area contributed by atoms with E-state index in [1.54, 1.807) is 0 Å². The molecule has 0 radical (unpaired) electrons. The summed E-state index contributed by atoms with van der Waals surface area (Å²) < 4.78 is 0. The number of aryl methyl sites for hydroxylation is 1. The van der Waals surface area contributed by atoms with Crippen LogP contribution in [-0.4, -0.2) is 39.9 Å². The molecule has 1 atom stereocenters. The second-order valence-electron chi connectivity index (χ2n) is 7.33. The lowest BCUT2D eigenvalue weighted by molar-refractivity contribution is -0.121. The Hall–Kier alpha value is -2.66. The van der Waals surface area contributed by atoms with E-state index in [1.807, 2.05) is 30.3 Å². The van der Waals surface area contributed by atoms with E-state index in [0.717, 1.165) is 55.8 Å². The molecule has 0 bridgehead atoms. The van der Waals surface area contributed by atoms with Gasteiger partial charge >= 0.3 is 0 Å². The molecule has 0 aliphatic carbocycles. The SMILES string of the molecule is O=C(CCCc1nc2ccccc2[nH]1)NC1CCN(Cc2ccccc2)C1. The van der Waals surface area contributed by atoms with Gasteiger partial charge in [-0.2, -0.15) is 0 Å². The minimum Gasteiger partial charge on any atom is -0.352 e. The molecule has 1 aliphatic rings. The molecule has 140 valence electrons. The van der Waals surface area contributed by atoms with Crippen LogP contribution in [0.5, 0.6) is 0 Å². The van der Waals surface area contributed by atoms with E-state index in [1.165, 1.54) is 5.56 Å². The molecule has 4 rings (SSSR count). The number of carbonyl (C=O) groups excluding carboxylic acids is 1. The number of imidazole rings is 1. The van der Waals surface area contributed by atoms with E-state index >= 15 is 0 Å². The highest BCUT2D eigenvalue weighted by atomic mass is 16.1. The van der Waals surface area contributed by atoms with E-state index in [-0.39, 0.29) is 11.9 Å². The number of fused-ring (bicyclic) bond motifs is 1. The average molecular weight is 362 g/mol. The van der Waals surface area contributed by atoms with E-state index in [2.05, 4.69) is 44.5 Å². The summed E-state index contributed by atoms with van der Waals surface area (Å²) in [5.74, 6) is 1.11. The maximum absolute atomic E-state index is 12.3. The monoisotopic (exact) mass is 362 g/mol. The highest BCUT2D eigenvalue weighted by Gasteiger charge is 2.23. The molecule has 1 aliphatic heterocycles. The number of H-pyrrole nitrogens is 1. The number of hydrogen-bond acceptors (Lipinski definition) is 3. The van der Waals surface area contributed by atoms with Gasteiger partial charge in [0.2, 0.25) is 5.91 Å². The van der Waals surface area contributed by atoms with Crippen molar-refractivity contribution in [3.8, 4) is 0 Å². The first kappa shape index (κ1) is 17.7. The van der Waals surface area contributed by atoms with Crippen LogP contribution in [-0.2, 0) is 17.8 Å². The molecule has 2 N–H and O–H groups in total. The zero-order valence-electron chi connectivity index (χ0n) is 15.5. The van der Waals surface area contributed by atoms with Crippen LogP contribution in [0.3, 0.4) is 0 Å². The van der Waals surface area contributed by atoms with Crippen LogP contribution in [0, 0.1) is 0 Å². The quantitative estimate of drug-likeness (QED) is 0.678. The van der Waals surface area contributed by atoms with Gasteiger partial charge in [-0.25, -0.2) is 4.98 Å². The predicted molar refractivity (Wildman–Crippen MR) is 107 cm³/mol. The summed E-state index contributed by atoms with van der Waals surface area (Å²) >= 11 is 0. The number of nitrogens with zero attached hydrogens (tertiary/aromatic N) is 2. The topological polar surface area (TPSA) is 61.0 Å². The molecule has 0 saturated carbocycles. The Balaban J connectivity index is 1.18. The first-order chi connectivity index (χ1) is 13.3. The van der Waals surface area contributed by atoms with Crippen molar-refractivity contribution in [2.75, 3.05) is 13.1 Å². The molecule has 2 heterocycles. The Labute approximate surface area is 159 Å². The highest BCUT2D eigenvalue weighted by Crippen LogP contribution is 2.14. The third-order valence-electron chi connectivity index (χ3n) is 5.14. The van der Waals surface area contributed by atoms with E-state index in [9.17, 15) is 4.79 Å². The smallest absolute Gasteiger partial charge is 0.220 e. The van der Waals surface area contributed by atoms with Crippen LogP contribution >= 0.6 is 0 Å². The van der Waals surface area contributed by atoms with Crippen molar-refractivity contribution in [1.82, 2.24) is 20.2 Å². The van der Waals surface area contributed by atoms with E-state index in [0.29, 0.717) is 6.42 Å². The van der Waals surface area contributed by atoms with Gasteiger partial charge in [0.1, 0.15) is 5.82 Å². The maximum Gasteiger partial charge on any atom is 0.220 e. The molecule has 5 heteroatoms. The third kappa shape index (κ3) is 4.74. The molecule has 1 aromatic heterocycles. The number of hydrogen-bond donors (Lipinski definition) is 2. The second-order valence-corrected chi connectivity index (χ2v) is 7.33. The average Bonchev–Trinajstić information content (AvgIpc) is 3.28. The largest absolute Gasteiger partial charge is 0.352 e. The number of rotatable bonds is 7. The first-order valence-corrected chi connectivity index (χ1v) is 9.75. The summed E-state index contributed by atoms with van der Waals surface area (Å²) in [6.45, 7) is 2.93. The number of para-hydroxylation sites is 2. The minimum absolute atomic E-state index is 0.151. The molecule has 1 unspecified atom stereocenters. The molecular weight excluding hydrogens is 336 g/mol. The number of nitrogens with one attached hydrogen (secondary N) is 2. The summed E-state index contributed by atoms with van der Waals surface area (Å²) in [6.07, 6.45) is 3.19. The molecule has 5 nitrogen and oxygen atoms in total. The minimum atomic E-state index is 0.151. The van der Waals surface area contributed by atoms with E-state index in [4.69, 9.17) is 0 Å².